The zero-order chi connectivity index (χ0) is 85.7. The molecule has 1 fully saturated rings. The van der Waals surface area contributed by atoms with Gasteiger partial charge in [0.2, 0.25) is 88.6 Å². The second kappa shape index (κ2) is 44.3. The molecule has 11 atom stereocenters. The number of benzene rings is 5. The third kappa shape index (κ3) is 29.0. The molecule has 1 aliphatic heterocycles. The summed E-state index contributed by atoms with van der Waals surface area (Å²) in [6.45, 7) is 7.33. The fourth-order valence-electron chi connectivity index (χ4n) is 12.8. The Balaban J connectivity index is 1.30. The first kappa shape index (κ1) is 91.6. The SMILES string of the molecule is CC(C)C[C@@H]1NC(=O)[C@H](Cc2ccc(O)cc2)NC(=O)[C@H](CC(N)=O)NC(=O)CSC[C@@H](C(=O)NCC(N)=O)NC(=O)[C@H](CC(C)C)NC(=O)[C@H](Cc2ccccc2)N(C)C(=O)[C@H](Cc2ccc(O)cc2)NC(=O)[C@H](Cc2c[nH]c3ccccc23)NC(=O)CNC(=O)[C@H](CO)NC(=O)[C@H](Cc2ccc(O)cc2)NC(=O)[C@H](C(C)C)NC1=O. The zero-order valence-electron chi connectivity index (χ0n) is 65.9. The lowest BCUT2D eigenvalue weighted by Crippen LogP contribution is -2.61. The van der Waals surface area contributed by atoms with Crippen molar-refractivity contribution in [3.05, 3.63) is 161 Å². The van der Waals surface area contributed by atoms with Crippen LogP contribution in [0.3, 0.4) is 0 Å². The van der Waals surface area contributed by atoms with E-state index < -0.39 is 199 Å². The van der Waals surface area contributed by atoms with E-state index in [2.05, 4.69) is 68.8 Å². The lowest BCUT2D eigenvalue weighted by atomic mass is 9.98. The number of aromatic hydroxyl groups is 3. The van der Waals surface area contributed by atoms with Gasteiger partial charge in [0.15, 0.2) is 0 Å². The number of hydrogen-bond acceptors (Lipinski definition) is 20. The van der Waals surface area contributed by atoms with Crippen LogP contribution in [0.4, 0.5) is 0 Å². The quantitative estimate of drug-likeness (QED) is 0.0392. The molecule has 0 radical (unpaired) electrons. The number of nitrogens with one attached hydrogen (secondary N) is 13. The molecule has 36 heteroatoms. The molecule has 0 aliphatic carbocycles. The molecule has 15 amide bonds. The fourth-order valence-corrected chi connectivity index (χ4v) is 13.7. The van der Waals surface area contributed by atoms with Gasteiger partial charge in [0.05, 0.1) is 31.9 Å². The van der Waals surface area contributed by atoms with E-state index in [1.807, 2.05) is 0 Å². The van der Waals surface area contributed by atoms with Gasteiger partial charge in [0.1, 0.15) is 83.7 Å². The maximum absolute atomic E-state index is 15.6. The number of para-hydroxylation sites is 1. The molecular formula is C81H104N16O19S. The summed E-state index contributed by atoms with van der Waals surface area (Å²) in [5.74, 6) is -17.9. The minimum atomic E-state index is -1.84. The van der Waals surface area contributed by atoms with Crippen LogP contribution >= 0.6 is 11.8 Å². The maximum atomic E-state index is 15.6. The predicted octanol–water partition coefficient (Wildman–Crippen LogP) is -1.45. The van der Waals surface area contributed by atoms with Gasteiger partial charge in [-0.05, 0) is 101 Å². The highest BCUT2D eigenvalue weighted by atomic mass is 32.2. The molecule has 0 unspecified atom stereocenters. The van der Waals surface area contributed by atoms with Crippen molar-refractivity contribution in [3.8, 4) is 17.2 Å². The van der Waals surface area contributed by atoms with E-state index in [4.69, 9.17) is 11.5 Å². The van der Waals surface area contributed by atoms with Crippen LogP contribution in [0.15, 0.2) is 134 Å². The molecular weight excluding hydrogens is 1530 g/mol. The zero-order valence-corrected chi connectivity index (χ0v) is 66.7. The number of fused-ring (bicyclic) bond motifs is 1. The summed E-state index contributed by atoms with van der Waals surface area (Å²) < 4.78 is 0. The summed E-state index contributed by atoms with van der Waals surface area (Å²) in [5, 5.41) is 72.8. The van der Waals surface area contributed by atoms with Gasteiger partial charge in [0, 0.05) is 62.0 Å². The molecule has 35 nitrogen and oxygen atoms in total. The van der Waals surface area contributed by atoms with Gasteiger partial charge in [-0.2, -0.15) is 0 Å². The number of rotatable bonds is 21. The third-order valence-electron chi connectivity index (χ3n) is 19.0. The monoisotopic (exact) mass is 1640 g/mol. The Morgan fingerprint density at radius 3 is 1.44 bits per heavy atom. The molecule has 7 rings (SSSR count). The van der Waals surface area contributed by atoms with Crippen LogP contribution < -0.4 is 75.3 Å². The first-order valence-electron chi connectivity index (χ1n) is 38.1. The second-order valence-corrected chi connectivity index (χ2v) is 30.8. The van der Waals surface area contributed by atoms with Gasteiger partial charge in [-0.1, -0.05) is 126 Å². The number of aromatic amines is 1. The fraction of sp³-hybridized carbons (Fsp3) is 0.420. The number of aliphatic hydroxyl groups is 1. The summed E-state index contributed by atoms with van der Waals surface area (Å²) in [6.07, 6.45) is -0.870. The minimum Gasteiger partial charge on any atom is -0.508 e. The van der Waals surface area contributed by atoms with Gasteiger partial charge in [-0.15, -0.1) is 11.8 Å². The molecule has 0 bridgehead atoms. The van der Waals surface area contributed by atoms with Crippen molar-refractivity contribution in [3.63, 3.8) is 0 Å². The number of thioether (sulfide) groups is 1. The number of hydrogen-bond donors (Lipinski definition) is 19. The number of phenolic OH excluding ortho intramolecular Hbond substituents is 3. The van der Waals surface area contributed by atoms with Crippen molar-refractivity contribution in [2.45, 2.75) is 159 Å². The summed E-state index contributed by atoms with van der Waals surface area (Å²) in [6, 6.07) is 14.5. The highest BCUT2D eigenvalue weighted by Crippen LogP contribution is 2.23. The molecule has 1 aliphatic rings. The van der Waals surface area contributed by atoms with E-state index in [0.29, 0.717) is 38.7 Å². The predicted molar refractivity (Wildman–Crippen MR) is 431 cm³/mol. The van der Waals surface area contributed by atoms with Crippen LogP contribution in [0.1, 0.15) is 88.6 Å². The number of aliphatic hydroxyl groups excluding tert-OH is 1. The highest BCUT2D eigenvalue weighted by molar-refractivity contribution is 8.00. The van der Waals surface area contributed by atoms with Crippen LogP contribution in [0.2, 0.25) is 0 Å². The van der Waals surface area contributed by atoms with E-state index >= 15 is 14.4 Å². The Morgan fingerprint density at radius 2 is 0.915 bits per heavy atom. The number of phenols is 3. The summed E-state index contributed by atoms with van der Waals surface area (Å²) in [4.78, 5) is 219. The minimum absolute atomic E-state index is 0.0908. The Kier molecular flexibility index (Phi) is 34.7. The normalized spacial score (nSPS) is 22.4. The lowest BCUT2D eigenvalue weighted by molar-refractivity contribution is -0.143. The Labute approximate surface area is 679 Å². The van der Waals surface area contributed by atoms with E-state index in [1.165, 1.54) is 79.8 Å². The maximum Gasteiger partial charge on any atom is 0.245 e. The van der Waals surface area contributed by atoms with Gasteiger partial charge in [-0.25, -0.2) is 0 Å². The molecule has 21 N–H and O–H groups in total. The smallest absolute Gasteiger partial charge is 0.245 e. The number of carbonyl (C=O) groups excluding carboxylic acids is 15. The van der Waals surface area contributed by atoms with Gasteiger partial charge < -0.3 is 106 Å². The number of nitrogens with two attached hydrogens (primary N) is 2. The van der Waals surface area contributed by atoms with Crippen LogP contribution in [-0.4, -0.2) is 224 Å². The third-order valence-corrected chi connectivity index (χ3v) is 20.0. The van der Waals surface area contributed by atoms with Crippen molar-refractivity contribution in [2.24, 2.45) is 29.2 Å². The number of H-pyrrole nitrogens is 1. The number of primary amides is 2. The van der Waals surface area contributed by atoms with Crippen LogP contribution in [0, 0.1) is 17.8 Å². The standard InChI is InChI=1S/C81H104N16O19S/c1-43(2)29-56-73(108)95-64(72(107)85-38-67(83)103)41-117-42-69(105)88-61(36-66(82)102)77(112)90-58(31-47-17-23-51(99)24-18-47)74(109)89-57(30-44(3)4)78(113)96-70(45(5)6)80(115)92-59(32-48-19-25-52(100)26-20-48)75(110)94-63(40-98)71(106)86-39-68(104)87-60(35-50-37-84-55-16-12-11-15-54(50)55)76(111)93-62(33-49-21-27-53(101)28-22-49)81(116)97(7)65(79(114)91-56)34-46-13-9-8-10-14-46/h8-28,37,43-45,56-65,70,84,98-101H,29-36,38-42H2,1-7H3,(H2,82,102)(H2,83,103)(H,85,107)(H,86,106)(H,87,104)(H,88,105)(H,89,109)(H,90,112)(H,91,114)(H,92,115)(H,93,111)(H,94,110)(H,95,108)(H,96,113)/t56-,57-,58-,59-,60-,61-,62-,63-,64-,65-,70-/m0/s1. The van der Waals surface area contributed by atoms with Crippen molar-refractivity contribution < 1.29 is 92.3 Å². The van der Waals surface area contributed by atoms with E-state index in [9.17, 15) is 78.0 Å². The van der Waals surface area contributed by atoms with Gasteiger partial charge >= 0.3 is 0 Å². The lowest BCUT2D eigenvalue weighted by Gasteiger charge is -2.33. The number of amides is 15. The molecule has 1 saturated heterocycles. The first-order chi connectivity index (χ1) is 55.5. The van der Waals surface area contributed by atoms with Gasteiger partial charge in [0.25, 0.3) is 0 Å². The van der Waals surface area contributed by atoms with Gasteiger partial charge in [-0.3, -0.25) is 71.9 Å². The number of aromatic nitrogens is 1. The van der Waals surface area contributed by atoms with Crippen LogP contribution in [0.25, 0.3) is 10.9 Å². The molecule has 117 heavy (non-hydrogen) atoms. The Morgan fingerprint density at radius 1 is 0.470 bits per heavy atom. The first-order valence-corrected chi connectivity index (χ1v) is 39.2. The molecule has 0 spiro atoms. The van der Waals surface area contributed by atoms with Crippen LogP contribution in [0.5, 0.6) is 17.2 Å². The Bertz CT molecular complexity index is 4490. The average molecular weight is 1640 g/mol. The summed E-state index contributed by atoms with van der Waals surface area (Å²) in [7, 11) is 1.29. The molecule has 5 aromatic carbocycles. The molecule has 6 aromatic rings. The molecule has 2 heterocycles. The molecule has 0 saturated carbocycles. The number of nitrogens with zero attached hydrogens (tertiary/aromatic N) is 1. The summed E-state index contributed by atoms with van der Waals surface area (Å²) in [5.41, 5.74) is 13.8. The Hall–Kier alpha value is -12.6. The summed E-state index contributed by atoms with van der Waals surface area (Å²) >= 11 is 0.723. The number of likely N-dealkylation sites (N-methyl/N-ethyl adjacent to an activating group) is 1. The van der Waals surface area contributed by atoms with Crippen molar-refractivity contribution in [1.82, 2.24) is 73.7 Å². The number of carbonyl (C=O) groups is 15. The molecule has 1 aromatic heterocycles. The highest BCUT2D eigenvalue weighted by Gasteiger charge is 2.40. The van der Waals surface area contributed by atoms with Crippen molar-refractivity contribution >= 4 is 111 Å². The average Bonchev–Trinajstić information content (AvgIpc) is 1.79. The topological polar surface area (TPSA) is 552 Å². The van der Waals surface area contributed by atoms with Crippen LogP contribution in [-0.2, 0) is 104 Å². The van der Waals surface area contributed by atoms with Crippen molar-refractivity contribution in [1.29, 1.82) is 0 Å². The van der Waals surface area contributed by atoms with E-state index in [1.54, 1.807) is 102 Å². The van der Waals surface area contributed by atoms with E-state index in [0.717, 1.165) is 16.7 Å². The van der Waals surface area contributed by atoms with E-state index in [-0.39, 0.29) is 74.0 Å². The van der Waals surface area contributed by atoms with Crippen molar-refractivity contribution in [2.75, 3.05) is 38.2 Å². The molecule has 628 valence electrons. The largest absolute Gasteiger partial charge is 0.508 e. The second-order valence-electron chi connectivity index (χ2n) is 29.8.